The minimum Gasteiger partial charge on any atom is -0.492 e. The van der Waals surface area contributed by atoms with E-state index in [0.717, 1.165) is 72.4 Å². The molecule has 9 heteroatoms. The molecule has 6 rings (SSSR count). The van der Waals surface area contributed by atoms with E-state index in [1.165, 1.54) is 14.0 Å². The Morgan fingerprint density at radius 3 is 2.30 bits per heavy atom. The summed E-state index contributed by atoms with van der Waals surface area (Å²) in [6, 6.07) is 19.6. The number of carbonyl (C=O) groups is 2. The zero-order valence-electron chi connectivity index (χ0n) is 25.7. The van der Waals surface area contributed by atoms with Gasteiger partial charge in [0.15, 0.2) is 5.75 Å². The number of aromatic nitrogens is 1. The molecule has 2 atom stereocenters. The normalized spacial score (nSPS) is 19.8. The van der Waals surface area contributed by atoms with Crippen LogP contribution in [-0.2, 0) is 21.5 Å². The Bertz CT molecular complexity index is 1700. The molecular formula is C35H39N5O4. The number of carbonyl (C=O) groups excluding carboxylic acids is 2. The highest BCUT2D eigenvalue weighted by Gasteiger charge is 2.48. The van der Waals surface area contributed by atoms with Crippen LogP contribution in [0.1, 0.15) is 38.4 Å². The molecule has 0 spiro atoms. The summed E-state index contributed by atoms with van der Waals surface area (Å²) in [5, 5.41) is 10.8. The molecule has 2 heterocycles. The van der Waals surface area contributed by atoms with Gasteiger partial charge in [-0.15, -0.1) is 0 Å². The van der Waals surface area contributed by atoms with Crippen molar-refractivity contribution >= 4 is 39.8 Å². The summed E-state index contributed by atoms with van der Waals surface area (Å²) >= 11 is 0. The summed E-state index contributed by atoms with van der Waals surface area (Å²) in [5.74, 6) is 0.697. The number of methoxy groups -OCH3 is 1. The van der Waals surface area contributed by atoms with Crippen molar-refractivity contribution in [2.24, 2.45) is 5.92 Å². The topological polar surface area (TPSA) is 105 Å². The standard InChI is InChI=1S/C35H39N5O4/c1-22-19-35(22,3)25-17-31(37-23(2)41)33(43-4)32(18-25)39-34(42)38-30-12-11-27(28-7-5-6-8-29(28)30)24-9-10-26(36-20-24)21-40-13-15-44-16-14-40/h5-12,17-18,20,22H,13-16,19,21H2,1-4H3,(H,37,41)(H2,38,39,42)/t22-,35?/m1/s1. The van der Waals surface area contributed by atoms with Gasteiger partial charge in [0.2, 0.25) is 5.91 Å². The summed E-state index contributed by atoms with van der Waals surface area (Å²) in [7, 11) is 1.53. The van der Waals surface area contributed by atoms with Crippen LogP contribution in [0.4, 0.5) is 21.9 Å². The number of anilines is 3. The third-order valence-corrected chi connectivity index (χ3v) is 8.97. The number of urea groups is 1. The number of fused-ring (bicyclic) bond motifs is 1. The molecule has 0 bridgehead atoms. The van der Waals surface area contributed by atoms with Gasteiger partial charge >= 0.3 is 6.03 Å². The molecule has 1 saturated heterocycles. The summed E-state index contributed by atoms with van der Waals surface area (Å²) in [5.41, 5.74) is 5.82. The Labute approximate surface area is 258 Å². The molecule has 1 aliphatic heterocycles. The van der Waals surface area contributed by atoms with E-state index in [1.54, 1.807) is 0 Å². The fourth-order valence-electron chi connectivity index (χ4n) is 6.13. The molecule has 1 aromatic heterocycles. The van der Waals surface area contributed by atoms with Crippen LogP contribution < -0.4 is 20.7 Å². The fraction of sp³-hybridized carbons (Fsp3) is 0.343. The van der Waals surface area contributed by atoms with Crippen molar-refractivity contribution in [1.82, 2.24) is 9.88 Å². The zero-order valence-corrected chi connectivity index (χ0v) is 25.7. The van der Waals surface area contributed by atoms with Crippen LogP contribution in [0, 0.1) is 5.92 Å². The van der Waals surface area contributed by atoms with E-state index in [9.17, 15) is 9.59 Å². The third-order valence-electron chi connectivity index (χ3n) is 8.97. The minimum atomic E-state index is -0.407. The number of hydrogen-bond donors (Lipinski definition) is 3. The van der Waals surface area contributed by atoms with Gasteiger partial charge < -0.3 is 25.4 Å². The van der Waals surface area contributed by atoms with Gasteiger partial charge in [0, 0.05) is 43.7 Å². The molecule has 228 valence electrons. The zero-order chi connectivity index (χ0) is 30.8. The molecule has 2 aliphatic rings. The first-order valence-corrected chi connectivity index (χ1v) is 15.1. The van der Waals surface area contributed by atoms with Gasteiger partial charge in [-0.25, -0.2) is 4.79 Å². The first kappa shape index (κ1) is 29.6. The number of nitrogens with one attached hydrogen (secondary N) is 3. The number of pyridine rings is 1. The lowest BCUT2D eigenvalue weighted by atomic mass is 9.94. The number of benzene rings is 3. The van der Waals surface area contributed by atoms with Gasteiger partial charge in [-0.05, 0) is 58.5 Å². The molecule has 2 fully saturated rings. The molecular weight excluding hydrogens is 554 g/mol. The van der Waals surface area contributed by atoms with Crippen molar-refractivity contribution in [1.29, 1.82) is 0 Å². The summed E-state index contributed by atoms with van der Waals surface area (Å²) in [4.78, 5) is 32.5. The monoisotopic (exact) mass is 593 g/mol. The molecule has 9 nitrogen and oxygen atoms in total. The number of nitrogens with zero attached hydrogens (tertiary/aromatic N) is 2. The molecule has 4 aromatic rings. The van der Waals surface area contributed by atoms with E-state index in [-0.39, 0.29) is 11.3 Å². The van der Waals surface area contributed by atoms with Crippen LogP contribution >= 0.6 is 0 Å². The molecule has 1 aliphatic carbocycles. The maximum Gasteiger partial charge on any atom is 0.323 e. The molecule has 1 saturated carbocycles. The fourth-order valence-corrected chi connectivity index (χ4v) is 6.13. The van der Waals surface area contributed by atoms with E-state index in [2.05, 4.69) is 52.9 Å². The van der Waals surface area contributed by atoms with Crippen molar-refractivity contribution in [2.75, 3.05) is 49.4 Å². The van der Waals surface area contributed by atoms with Gasteiger partial charge in [-0.1, -0.05) is 50.2 Å². The highest BCUT2D eigenvalue weighted by atomic mass is 16.5. The average Bonchev–Trinajstić information content (AvgIpc) is 3.64. The molecule has 1 unspecified atom stereocenters. The Kier molecular flexibility index (Phi) is 8.25. The SMILES string of the molecule is COc1c(NC(C)=O)cc(C2(C)C[C@H]2C)cc1NC(=O)Nc1ccc(-c2ccc(CN3CCOCC3)nc2)c2ccccc12. The maximum absolute atomic E-state index is 13.4. The second-order valence-electron chi connectivity index (χ2n) is 12.0. The average molecular weight is 594 g/mol. The molecule has 44 heavy (non-hydrogen) atoms. The van der Waals surface area contributed by atoms with E-state index in [0.29, 0.717) is 28.7 Å². The Balaban J connectivity index is 1.25. The van der Waals surface area contributed by atoms with E-state index in [4.69, 9.17) is 14.5 Å². The van der Waals surface area contributed by atoms with Crippen LogP contribution in [0.3, 0.4) is 0 Å². The number of amides is 3. The van der Waals surface area contributed by atoms with E-state index < -0.39 is 6.03 Å². The predicted octanol–water partition coefficient (Wildman–Crippen LogP) is 6.64. The lowest BCUT2D eigenvalue weighted by molar-refractivity contribution is -0.114. The van der Waals surface area contributed by atoms with Crippen molar-refractivity contribution in [3.63, 3.8) is 0 Å². The number of ether oxygens (including phenoxy) is 2. The first-order chi connectivity index (χ1) is 21.2. The smallest absolute Gasteiger partial charge is 0.323 e. The first-order valence-electron chi connectivity index (χ1n) is 15.1. The van der Waals surface area contributed by atoms with Crippen LogP contribution in [0.2, 0.25) is 0 Å². The summed E-state index contributed by atoms with van der Waals surface area (Å²) in [6.45, 7) is 10.0. The van der Waals surface area contributed by atoms with Crippen molar-refractivity contribution in [3.8, 4) is 16.9 Å². The van der Waals surface area contributed by atoms with Crippen LogP contribution in [0.25, 0.3) is 21.9 Å². The Hall–Kier alpha value is -4.47. The number of rotatable bonds is 8. The van der Waals surface area contributed by atoms with Crippen LogP contribution in [0.15, 0.2) is 66.9 Å². The molecule has 0 radical (unpaired) electrons. The highest BCUT2D eigenvalue weighted by molar-refractivity contribution is 6.10. The Morgan fingerprint density at radius 1 is 0.977 bits per heavy atom. The third kappa shape index (κ3) is 6.11. The number of hydrogen-bond acceptors (Lipinski definition) is 6. The second kappa shape index (κ2) is 12.3. The van der Waals surface area contributed by atoms with Crippen LogP contribution in [0.5, 0.6) is 5.75 Å². The second-order valence-corrected chi connectivity index (χ2v) is 12.0. The number of morpholine rings is 1. The molecule has 3 aromatic carbocycles. The van der Waals surface area contributed by atoms with E-state index in [1.807, 2.05) is 48.7 Å². The molecule has 3 amide bonds. The van der Waals surface area contributed by atoms with Gasteiger partial charge in [-0.3, -0.25) is 14.7 Å². The Morgan fingerprint density at radius 2 is 1.66 bits per heavy atom. The van der Waals surface area contributed by atoms with Gasteiger partial charge in [-0.2, -0.15) is 0 Å². The quantitative estimate of drug-likeness (QED) is 0.212. The van der Waals surface area contributed by atoms with Crippen molar-refractivity contribution in [3.05, 3.63) is 78.1 Å². The maximum atomic E-state index is 13.4. The van der Waals surface area contributed by atoms with Crippen molar-refractivity contribution in [2.45, 2.75) is 39.2 Å². The van der Waals surface area contributed by atoms with Gasteiger partial charge in [0.25, 0.3) is 0 Å². The molecule has 3 N–H and O–H groups in total. The van der Waals surface area contributed by atoms with E-state index >= 15 is 0 Å². The lowest BCUT2D eigenvalue weighted by Crippen LogP contribution is -2.35. The minimum absolute atomic E-state index is 0.0198. The van der Waals surface area contributed by atoms with Crippen molar-refractivity contribution < 1.29 is 19.1 Å². The lowest BCUT2D eigenvalue weighted by Gasteiger charge is -2.26. The van der Waals surface area contributed by atoms with Gasteiger partial charge in [0.05, 0.1) is 43.1 Å². The summed E-state index contributed by atoms with van der Waals surface area (Å²) < 4.78 is 11.1. The summed E-state index contributed by atoms with van der Waals surface area (Å²) in [6.07, 6.45) is 2.96. The van der Waals surface area contributed by atoms with Crippen LogP contribution in [-0.4, -0.2) is 55.2 Å². The predicted molar refractivity (Wildman–Crippen MR) is 174 cm³/mol. The van der Waals surface area contributed by atoms with Gasteiger partial charge in [0.1, 0.15) is 0 Å². The largest absolute Gasteiger partial charge is 0.492 e. The highest BCUT2D eigenvalue weighted by Crippen LogP contribution is 2.55.